The highest BCUT2D eigenvalue weighted by molar-refractivity contribution is 6.35. The van der Waals surface area contributed by atoms with Crippen molar-refractivity contribution in [2.45, 2.75) is 6.92 Å². The summed E-state index contributed by atoms with van der Waals surface area (Å²) in [7, 11) is 1.69. The maximum atomic E-state index is 12.5. The van der Waals surface area contributed by atoms with Crippen LogP contribution in [0.15, 0.2) is 30.0 Å². The molecule has 1 N–H and O–H groups in total. The van der Waals surface area contributed by atoms with Gasteiger partial charge in [-0.1, -0.05) is 23.7 Å². The standard InChI is InChI=1S/C15H17ClN2O3/c1-3-18-14(20)12(10-4-6-11(16)7-5-10)13(15(18)21)17(2)8-9-19/h4-7,19H,3,8-9H2,1-2H3. The van der Waals surface area contributed by atoms with Gasteiger partial charge in [0, 0.05) is 25.2 Å². The molecule has 0 aromatic heterocycles. The molecule has 1 heterocycles. The molecule has 2 amide bonds. The first-order chi connectivity index (χ1) is 10.0. The highest BCUT2D eigenvalue weighted by Gasteiger charge is 2.39. The van der Waals surface area contributed by atoms with Crippen LogP contribution in [0.1, 0.15) is 12.5 Å². The molecule has 5 nitrogen and oxygen atoms in total. The van der Waals surface area contributed by atoms with Crippen LogP contribution in [0.2, 0.25) is 5.02 Å². The Bertz CT molecular complexity index is 595. The molecule has 0 spiro atoms. The third-order valence-corrected chi connectivity index (χ3v) is 3.66. The first-order valence-electron chi connectivity index (χ1n) is 6.69. The van der Waals surface area contributed by atoms with Gasteiger partial charge in [-0.2, -0.15) is 0 Å². The number of imide groups is 1. The van der Waals surface area contributed by atoms with E-state index in [1.165, 1.54) is 4.90 Å². The first-order valence-corrected chi connectivity index (χ1v) is 7.07. The van der Waals surface area contributed by atoms with E-state index in [-0.39, 0.29) is 25.0 Å². The van der Waals surface area contributed by atoms with Crippen molar-refractivity contribution in [3.05, 3.63) is 40.5 Å². The molecule has 1 aromatic carbocycles. The Kier molecular flexibility index (Phi) is 4.65. The van der Waals surface area contributed by atoms with Gasteiger partial charge in [0.1, 0.15) is 5.70 Å². The second-order valence-electron chi connectivity index (χ2n) is 4.73. The topological polar surface area (TPSA) is 60.9 Å². The zero-order valence-electron chi connectivity index (χ0n) is 12.0. The number of hydrogen-bond donors (Lipinski definition) is 1. The molecule has 0 bridgehead atoms. The van der Waals surface area contributed by atoms with Crippen molar-refractivity contribution in [2.24, 2.45) is 0 Å². The minimum atomic E-state index is -0.330. The second kappa shape index (κ2) is 6.28. The third-order valence-electron chi connectivity index (χ3n) is 3.41. The lowest BCUT2D eigenvalue weighted by Crippen LogP contribution is -2.34. The molecule has 21 heavy (non-hydrogen) atoms. The molecule has 0 aliphatic carbocycles. The Balaban J connectivity index is 2.55. The van der Waals surface area contributed by atoms with Gasteiger partial charge in [0.05, 0.1) is 12.2 Å². The van der Waals surface area contributed by atoms with Crippen LogP contribution in [0.3, 0.4) is 0 Å². The quantitative estimate of drug-likeness (QED) is 0.835. The summed E-state index contributed by atoms with van der Waals surface area (Å²) in [6.45, 7) is 2.25. The first kappa shape index (κ1) is 15.5. The molecule has 112 valence electrons. The molecule has 0 unspecified atom stereocenters. The van der Waals surface area contributed by atoms with Crippen LogP contribution in [0.4, 0.5) is 0 Å². The predicted octanol–water partition coefficient (Wildman–Crippen LogP) is 1.36. The van der Waals surface area contributed by atoms with Crippen molar-refractivity contribution in [3.63, 3.8) is 0 Å². The van der Waals surface area contributed by atoms with Crippen LogP contribution in [0.5, 0.6) is 0 Å². The van der Waals surface area contributed by atoms with E-state index in [0.29, 0.717) is 28.4 Å². The second-order valence-corrected chi connectivity index (χ2v) is 5.17. The fraction of sp³-hybridized carbons (Fsp3) is 0.333. The lowest BCUT2D eigenvalue weighted by Gasteiger charge is -2.19. The van der Waals surface area contributed by atoms with Crippen molar-refractivity contribution in [3.8, 4) is 0 Å². The summed E-state index contributed by atoms with van der Waals surface area (Å²) in [4.78, 5) is 27.7. The molecule has 1 aromatic rings. The van der Waals surface area contributed by atoms with E-state index in [1.54, 1.807) is 43.1 Å². The third kappa shape index (κ3) is 2.80. The molecule has 2 rings (SSSR count). The summed E-state index contributed by atoms with van der Waals surface area (Å²) < 4.78 is 0. The van der Waals surface area contributed by atoms with E-state index in [2.05, 4.69) is 0 Å². The summed E-state index contributed by atoms with van der Waals surface area (Å²) >= 11 is 5.87. The molecule has 0 fully saturated rings. The Morgan fingerprint density at radius 1 is 1.19 bits per heavy atom. The van der Waals surface area contributed by atoms with Crippen molar-refractivity contribution < 1.29 is 14.7 Å². The maximum Gasteiger partial charge on any atom is 0.277 e. The summed E-state index contributed by atoms with van der Waals surface area (Å²) in [5.41, 5.74) is 1.32. The highest BCUT2D eigenvalue weighted by atomic mass is 35.5. The van der Waals surface area contributed by atoms with Gasteiger partial charge < -0.3 is 10.0 Å². The van der Waals surface area contributed by atoms with Crippen molar-refractivity contribution in [1.29, 1.82) is 0 Å². The largest absolute Gasteiger partial charge is 0.395 e. The van der Waals surface area contributed by atoms with Crippen LogP contribution in [0, 0.1) is 0 Å². The number of carbonyl (C=O) groups excluding carboxylic acids is 2. The Hall–Kier alpha value is -1.85. The number of nitrogens with zero attached hydrogens (tertiary/aromatic N) is 2. The van der Waals surface area contributed by atoms with Gasteiger partial charge in [-0.3, -0.25) is 14.5 Å². The van der Waals surface area contributed by atoms with Gasteiger partial charge in [0.15, 0.2) is 0 Å². The van der Waals surface area contributed by atoms with E-state index < -0.39 is 0 Å². The summed E-state index contributed by atoms with van der Waals surface area (Å²) in [6.07, 6.45) is 0. The van der Waals surface area contributed by atoms with Crippen molar-refractivity contribution in [1.82, 2.24) is 9.80 Å². The number of rotatable bonds is 5. The number of carbonyl (C=O) groups is 2. The fourth-order valence-corrected chi connectivity index (χ4v) is 2.47. The number of benzene rings is 1. The molecular formula is C15H17ClN2O3. The predicted molar refractivity (Wildman–Crippen MR) is 80.5 cm³/mol. The fourth-order valence-electron chi connectivity index (χ4n) is 2.34. The van der Waals surface area contributed by atoms with Gasteiger partial charge in [0.2, 0.25) is 0 Å². The van der Waals surface area contributed by atoms with Crippen molar-refractivity contribution >= 4 is 29.0 Å². The van der Waals surface area contributed by atoms with Crippen LogP contribution in [0.25, 0.3) is 5.57 Å². The highest BCUT2D eigenvalue weighted by Crippen LogP contribution is 2.31. The smallest absolute Gasteiger partial charge is 0.277 e. The molecule has 6 heteroatoms. The van der Waals surface area contributed by atoms with Crippen molar-refractivity contribution in [2.75, 3.05) is 26.7 Å². The molecule has 0 saturated carbocycles. The normalized spacial score (nSPS) is 15.1. The van der Waals surface area contributed by atoms with Crippen LogP contribution < -0.4 is 0 Å². The van der Waals surface area contributed by atoms with Gasteiger partial charge >= 0.3 is 0 Å². The van der Waals surface area contributed by atoms with E-state index >= 15 is 0 Å². The molecule has 0 atom stereocenters. The van der Waals surface area contributed by atoms with Gasteiger partial charge in [-0.05, 0) is 24.6 Å². The maximum absolute atomic E-state index is 12.5. The molecular weight excluding hydrogens is 292 g/mol. The number of aliphatic hydroxyl groups excluding tert-OH is 1. The van der Waals surface area contributed by atoms with Gasteiger partial charge in [-0.25, -0.2) is 0 Å². The number of likely N-dealkylation sites (N-methyl/N-ethyl adjacent to an activating group) is 2. The minimum Gasteiger partial charge on any atom is -0.395 e. The molecule has 1 aliphatic rings. The Labute approximate surface area is 128 Å². The van der Waals surface area contributed by atoms with E-state index in [9.17, 15) is 9.59 Å². The molecule has 1 aliphatic heterocycles. The molecule has 0 radical (unpaired) electrons. The van der Waals surface area contributed by atoms with E-state index in [1.807, 2.05) is 0 Å². The number of hydrogen-bond acceptors (Lipinski definition) is 4. The number of amides is 2. The minimum absolute atomic E-state index is 0.0957. The molecule has 0 saturated heterocycles. The zero-order valence-corrected chi connectivity index (χ0v) is 12.7. The summed E-state index contributed by atoms with van der Waals surface area (Å²) in [5, 5.41) is 9.64. The zero-order chi connectivity index (χ0) is 15.6. The van der Waals surface area contributed by atoms with E-state index in [4.69, 9.17) is 16.7 Å². The van der Waals surface area contributed by atoms with Crippen LogP contribution in [-0.4, -0.2) is 53.5 Å². The summed E-state index contributed by atoms with van der Waals surface area (Å²) in [5.74, 6) is -0.645. The lowest BCUT2D eigenvalue weighted by molar-refractivity contribution is -0.137. The number of halogens is 1. The Morgan fingerprint density at radius 3 is 2.33 bits per heavy atom. The van der Waals surface area contributed by atoms with Crippen LogP contribution >= 0.6 is 11.6 Å². The lowest BCUT2D eigenvalue weighted by atomic mass is 10.0. The summed E-state index contributed by atoms with van der Waals surface area (Å²) in [6, 6.07) is 6.80. The average molecular weight is 309 g/mol. The van der Waals surface area contributed by atoms with Gasteiger partial charge in [-0.15, -0.1) is 0 Å². The van der Waals surface area contributed by atoms with Gasteiger partial charge in [0.25, 0.3) is 11.8 Å². The van der Waals surface area contributed by atoms with E-state index in [0.717, 1.165) is 0 Å². The number of aliphatic hydroxyl groups is 1. The monoisotopic (exact) mass is 308 g/mol. The average Bonchev–Trinajstić information content (AvgIpc) is 2.71. The Morgan fingerprint density at radius 2 is 1.81 bits per heavy atom. The van der Waals surface area contributed by atoms with Crippen LogP contribution in [-0.2, 0) is 9.59 Å². The SMILES string of the molecule is CCN1C(=O)C(c2ccc(Cl)cc2)=C(N(C)CCO)C1=O.